The Balaban J connectivity index is 0. The summed E-state index contributed by atoms with van der Waals surface area (Å²) >= 11 is 2.23. The van der Waals surface area contributed by atoms with Gasteiger partial charge in [-0.25, -0.2) is 0 Å². The number of alkyl halides is 1. The maximum absolute atomic E-state index is 3.47. The van der Waals surface area contributed by atoms with Crippen molar-refractivity contribution in [2.24, 2.45) is 0 Å². The minimum atomic E-state index is 0. The van der Waals surface area contributed by atoms with Gasteiger partial charge in [-0.05, 0) is 0 Å². The van der Waals surface area contributed by atoms with Crippen molar-refractivity contribution in [2.45, 2.75) is 0 Å². The molecule has 0 aliphatic heterocycles. The molecule has 0 aliphatic carbocycles. The van der Waals surface area contributed by atoms with Crippen LogP contribution in [0.25, 0.3) is 0 Å². The molecule has 0 spiro atoms. The molecule has 0 aromatic rings. The van der Waals surface area contributed by atoms with Crippen LogP contribution in [-0.4, -0.2) is 27.5 Å². The van der Waals surface area contributed by atoms with Crippen molar-refractivity contribution >= 4 is 45.6 Å². The molecule has 0 bridgehead atoms. The molecular formula is C3H7IMg. The predicted octanol–water partition coefficient (Wildman–Crippen LogP) is 0.691. The second kappa shape index (κ2) is 8.97. The molecule has 2 heteroatoms. The Morgan fingerprint density at radius 3 is 2.00 bits per heavy atom. The maximum atomic E-state index is 3.47. The molecule has 0 aromatic carbocycles. The second-order valence-corrected chi connectivity index (χ2v) is 1.32. The smallest absolute Gasteiger partial charge is 0.102 e. The van der Waals surface area contributed by atoms with Crippen LogP contribution in [0.1, 0.15) is 0 Å². The molecule has 0 amide bonds. The molecule has 0 rings (SSSR count). The van der Waals surface area contributed by atoms with Crippen molar-refractivity contribution in [3.8, 4) is 0 Å². The van der Waals surface area contributed by atoms with Gasteiger partial charge in [-0.2, -0.15) is 0 Å². The summed E-state index contributed by atoms with van der Waals surface area (Å²) in [6.45, 7) is 3.47. The van der Waals surface area contributed by atoms with E-state index in [1.807, 2.05) is 6.08 Å². The molecule has 0 aromatic heterocycles. The molecule has 0 N–H and O–H groups in total. The van der Waals surface area contributed by atoms with Crippen LogP contribution in [0, 0.1) is 0 Å². The second-order valence-electron chi connectivity index (χ2n) is 0.443. The molecule has 0 aliphatic rings. The topological polar surface area (TPSA) is 0 Å². The fourth-order valence-electron chi connectivity index (χ4n) is 0. The van der Waals surface area contributed by atoms with Crippen molar-refractivity contribution < 1.29 is 0 Å². The van der Waals surface area contributed by atoms with E-state index in [2.05, 4.69) is 29.2 Å². The van der Waals surface area contributed by atoms with Gasteiger partial charge in [0.15, 0.2) is 0 Å². The van der Waals surface area contributed by atoms with Crippen molar-refractivity contribution in [1.82, 2.24) is 0 Å². The van der Waals surface area contributed by atoms with E-state index < -0.39 is 0 Å². The summed E-state index contributed by atoms with van der Waals surface area (Å²) < 4.78 is 1.05. The first kappa shape index (κ1) is 9.53. The van der Waals surface area contributed by atoms with Gasteiger partial charge >= 0.3 is 23.1 Å². The minimum absolute atomic E-state index is 0. The van der Waals surface area contributed by atoms with Crippen molar-refractivity contribution in [3.63, 3.8) is 0 Å². The molecule has 0 unspecified atom stereocenters. The lowest BCUT2D eigenvalue weighted by atomic mass is 10.8. The average Bonchev–Trinajstić information content (AvgIpc) is 1.37. The number of halogens is 1. The van der Waals surface area contributed by atoms with Gasteiger partial charge in [-0.15, -0.1) is 6.58 Å². The molecule has 0 fully saturated rings. The van der Waals surface area contributed by atoms with Gasteiger partial charge in [-0.1, -0.05) is 28.7 Å². The van der Waals surface area contributed by atoms with E-state index in [4.69, 9.17) is 0 Å². The van der Waals surface area contributed by atoms with Gasteiger partial charge in [0.2, 0.25) is 0 Å². The highest BCUT2D eigenvalue weighted by Gasteiger charge is 1.47. The van der Waals surface area contributed by atoms with Gasteiger partial charge in [0.25, 0.3) is 0 Å². The summed E-state index contributed by atoms with van der Waals surface area (Å²) in [6, 6.07) is 0. The normalized spacial score (nSPS) is 5.00. The van der Waals surface area contributed by atoms with Crippen LogP contribution >= 0.6 is 22.6 Å². The van der Waals surface area contributed by atoms with Gasteiger partial charge in [0.1, 0.15) is 0 Å². The van der Waals surface area contributed by atoms with Crippen LogP contribution in [0.2, 0.25) is 0 Å². The Labute approximate surface area is 62.3 Å². The third-order valence-electron chi connectivity index (χ3n) is 0.109. The summed E-state index contributed by atoms with van der Waals surface area (Å²) in [4.78, 5) is 0. The third kappa shape index (κ3) is 11.0. The van der Waals surface area contributed by atoms with Crippen LogP contribution in [0.15, 0.2) is 12.7 Å². The Morgan fingerprint density at radius 2 is 2.00 bits per heavy atom. The predicted molar refractivity (Wildman–Crippen MR) is 37.6 cm³/mol. The highest BCUT2D eigenvalue weighted by atomic mass is 127. The first-order valence-corrected chi connectivity index (χ1v) is 2.61. The van der Waals surface area contributed by atoms with Gasteiger partial charge in [-0.3, -0.25) is 0 Å². The number of allylic oxidation sites excluding steroid dienone is 1. The Hall–Kier alpha value is 1.24. The zero-order chi connectivity index (χ0) is 3.41. The Kier molecular flexibility index (Phi) is 17.1. The largest absolute Gasteiger partial charge is 0.316 e. The third-order valence-corrected chi connectivity index (χ3v) is 0.732. The van der Waals surface area contributed by atoms with Crippen LogP contribution in [-0.2, 0) is 0 Å². The first-order valence-electron chi connectivity index (χ1n) is 1.08. The fourth-order valence-corrected chi connectivity index (χ4v) is 0. The van der Waals surface area contributed by atoms with E-state index >= 15 is 0 Å². The van der Waals surface area contributed by atoms with E-state index in [0.29, 0.717) is 0 Å². The number of hydrogen-bond donors (Lipinski definition) is 0. The Bertz CT molecular complexity index is 20.9. The van der Waals surface area contributed by atoms with Crippen LogP contribution in [0.4, 0.5) is 0 Å². The van der Waals surface area contributed by atoms with Crippen LogP contribution < -0.4 is 0 Å². The summed E-state index contributed by atoms with van der Waals surface area (Å²) in [6.07, 6.45) is 1.86. The lowest BCUT2D eigenvalue weighted by Crippen LogP contribution is -1.43. The van der Waals surface area contributed by atoms with E-state index in [9.17, 15) is 0 Å². The molecule has 0 radical (unpaired) electrons. The standard InChI is InChI=1S/C3H5I.Mg.2H/c1-2-3-4;;;/h2H,1,3H2;;;. The van der Waals surface area contributed by atoms with Gasteiger partial charge in [0.05, 0.1) is 0 Å². The first-order chi connectivity index (χ1) is 1.91. The quantitative estimate of drug-likeness (QED) is 0.249. The van der Waals surface area contributed by atoms with Gasteiger partial charge in [0, 0.05) is 4.43 Å². The summed E-state index contributed by atoms with van der Waals surface area (Å²) in [5.74, 6) is 0. The summed E-state index contributed by atoms with van der Waals surface area (Å²) in [5.41, 5.74) is 0. The van der Waals surface area contributed by atoms with E-state index in [0.717, 1.165) is 4.43 Å². The molecular weight excluding hydrogens is 187 g/mol. The fraction of sp³-hybridized carbons (Fsp3) is 0.333. The number of rotatable bonds is 1. The molecule has 0 saturated heterocycles. The summed E-state index contributed by atoms with van der Waals surface area (Å²) in [7, 11) is 0. The lowest BCUT2D eigenvalue weighted by molar-refractivity contribution is 1.90. The molecule has 0 saturated carbocycles. The van der Waals surface area contributed by atoms with Crippen LogP contribution in [0.5, 0.6) is 0 Å². The Morgan fingerprint density at radius 1 is 1.80 bits per heavy atom. The zero-order valence-corrected chi connectivity index (χ0v) is 4.53. The lowest BCUT2D eigenvalue weighted by Gasteiger charge is -1.55. The van der Waals surface area contributed by atoms with Crippen molar-refractivity contribution in [2.75, 3.05) is 4.43 Å². The zero-order valence-electron chi connectivity index (χ0n) is 2.37. The molecule has 5 heavy (non-hydrogen) atoms. The summed E-state index contributed by atoms with van der Waals surface area (Å²) in [5, 5.41) is 0. The minimum Gasteiger partial charge on any atom is -0.102 e. The van der Waals surface area contributed by atoms with Crippen LogP contribution in [0.3, 0.4) is 0 Å². The van der Waals surface area contributed by atoms with Crippen molar-refractivity contribution in [3.05, 3.63) is 12.7 Å². The molecule has 0 nitrogen and oxygen atoms in total. The van der Waals surface area contributed by atoms with Crippen molar-refractivity contribution in [1.29, 1.82) is 0 Å². The highest BCUT2D eigenvalue weighted by molar-refractivity contribution is 14.1. The van der Waals surface area contributed by atoms with Gasteiger partial charge < -0.3 is 0 Å². The molecule has 0 heterocycles. The average molecular weight is 194 g/mol. The SMILES string of the molecule is C=CCI.[MgH2]. The maximum Gasteiger partial charge on any atom is 0.316 e. The number of hydrogen-bond acceptors (Lipinski definition) is 0. The molecule has 0 atom stereocenters. The van der Waals surface area contributed by atoms with E-state index in [1.54, 1.807) is 0 Å². The van der Waals surface area contributed by atoms with E-state index in [-0.39, 0.29) is 23.1 Å². The molecule has 28 valence electrons. The highest BCUT2D eigenvalue weighted by Crippen LogP contribution is 1.75. The monoisotopic (exact) mass is 194 g/mol. The van der Waals surface area contributed by atoms with E-state index in [1.165, 1.54) is 0 Å².